The molecule has 0 aliphatic carbocycles. The number of nitrogens with zero attached hydrogens (tertiary/aromatic N) is 2. The predicted octanol–water partition coefficient (Wildman–Crippen LogP) is 3.99. The van der Waals surface area contributed by atoms with Crippen LogP contribution in [0.1, 0.15) is 31.5 Å². The Labute approximate surface area is 122 Å². The van der Waals surface area contributed by atoms with Crippen molar-refractivity contribution in [3.05, 3.63) is 29.5 Å². The number of hydrogen-bond acceptors (Lipinski definition) is 3. The van der Waals surface area contributed by atoms with Crippen molar-refractivity contribution in [2.75, 3.05) is 30.9 Å². The number of pyridine rings is 1. The van der Waals surface area contributed by atoms with Gasteiger partial charge in [0, 0.05) is 43.1 Å². The van der Waals surface area contributed by atoms with Crippen molar-refractivity contribution in [3.63, 3.8) is 0 Å². The van der Waals surface area contributed by atoms with Crippen LogP contribution in [0.3, 0.4) is 0 Å². The Balaban J connectivity index is 2.68. The molecular formula is C17H25N3. The van der Waals surface area contributed by atoms with Crippen molar-refractivity contribution in [3.8, 4) is 0 Å². The molecule has 2 rings (SSSR count). The van der Waals surface area contributed by atoms with E-state index < -0.39 is 0 Å². The largest absolute Gasteiger partial charge is 0.384 e. The van der Waals surface area contributed by atoms with Crippen LogP contribution in [0, 0.1) is 6.92 Å². The molecule has 0 amide bonds. The molecule has 1 aromatic heterocycles. The van der Waals surface area contributed by atoms with Crippen LogP contribution in [-0.2, 0) is 6.42 Å². The van der Waals surface area contributed by atoms with E-state index in [2.05, 4.69) is 63.3 Å². The summed E-state index contributed by atoms with van der Waals surface area (Å²) in [5.41, 5.74) is 6.02. The molecule has 0 aliphatic rings. The molecule has 2 aromatic rings. The van der Waals surface area contributed by atoms with Crippen molar-refractivity contribution in [2.24, 2.45) is 0 Å². The van der Waals surface area contributed by atoms with Gasteiger partial charge in [-0.2, -0.15) is 0 Å². The second-order valence-electron chi connectivity index (χ2n) is 5.43. The second kappa shape index (κ2) is 6.12. The van der Waals surface area contributed by atoms with Crippen molar-refractivity contribution in [1.29, 1.82) is 0 Å². The zero-order chi connectivity index (χ0) is 14.7. The molecular weight excluding hydrogens is 246 g/mol. The van der Waals surface area contributed by atoms with Gasteiger partial charge in [0.25, 0.3) is 0 Å². The fourth-order valence-electron chi connectivity index (χ4n) is 2.58. The number of aromatic nitrogens is 1. The van der Waals surface area contributed by atoms with E-state index in [1.807, 2.05) is 0 Å². The lowest BCUT2D eigenvalue weighted by Gasteiger charge is -2.18. The zero-order valence-electron chi connectivity index (χ0n) is 13.2. The highest BCUT2D eigenvalue weighted by Gasteiger charge is 2.12. The molecule has 0 bridgehead atoms. The van der Waals surface area contributed by atoms with Crippen LogP contribution in [0.4, 0.5) is 11.4 Å². The van der Waals surface area contributed by atoms with Crippen LogP contribution in [0.2, 0.25) is 0 Å². The minimum absolute atomic E-state index is 0.998. The fraction of sp³-hybridized carbons (Fsp3) is 0.471. The fourth-order valence-corrected chi connectivity index (χ4v) is 2.58. The first kappa shape index (κ1) is 14.6. The first-order valence-corrected chi connectivity index (χ1v) is 7.42. The number of aryl methyl sites for hydroxylation is 1. The van der Waals surface area contributed by atoms with Crippen molar-refractivity contribution in [2.45, 2.75) is 33.6 Å². The highest BCUT2D eigenvalue weighted by Crippen LogP contribution is 2.31. The van der Waals surface area contributed by atoms with E-state index in [4.69, 9.17) is 4.98 Å². The summed E-state index contributed by atoms with van der Waals surface area (Å²) < 4.78 is 0. The lowest BCUT2D eigenvalue weighted by molar-refractivity contribution is 0.968. The first-order chi connectivity index (χ1) is 9.58. The monoisotopic (exact) mass is 271 g/mol. The topological polar surface area (TPSA) is 28.2 Å². The molecule has 20 heavy (non-hydrogen) atoms. The van der Waals surface area contributed by atoms with Crippen molar-refractivity contribution < 1.29 is 0 Å². The quantitative estimate of drug-likeness (QED) is 0.891. The van der Waals surface area contributed by atoms with E-state index in [1.54, 1.807) is 0 Å². The highest BCUT2D eigenvalue weighted by molar-refractivity contribution is 5.95. The van der Waals surface area contributed by atoms with E-state index >= 15 is 0 Å². The first-order valence-electron chi connectivity index (χ1n) is 7.42. The lowest BCUT2D eigenvalue weighted by Crippen LogP contribution is -2.10. The summed E-state index contributed by atoms with van der Waals surface area (Å²) in [4.78, 5) is 6.89. The van der Waals surface area contributed by atoms with Crippen LogP contribution in [0.25, 0.3) is 10.9 Å². The Kier molecular flexibility index (Phi) is 4.48. The SMILES string of the molecule is CCCNc1c(CC)c(C)nc2ccc(N(C)C)cc12. The minimum atomic E-state index is 0.998. The third-order valence-corrected chi connectivity index (χ3v) is 3.70. The van der Waals surface area contributed by atoms with Crippen LogP contribution in [0.5, 0.6) is 0 Å². The van der Waals surface area contributed by atoms with Gasteiger partial charge in [0.05, 0.1) is 5.52 Å². The van der Waals surface area contributed by atoms with E-state index in [9.17, 15) is 0 Å². The Morgan fingerprint density at radius 3 is 2.55 bits per heavy atom. The third-order valence-electron chi connectivity index (χ3n) is 3.70. The summed E-state index contributed by atoms with van der Waals surface area (Å²) in [5.74, 6) is 0. The maximum Gasteiger partial charge on any atom is 0.0727 e. The molecule has 108 valence electrons. The predicted molar refractivity (Wildman–Crippen MR) is 89.0 cm³/mol. The number of rotatable bonds is 5. The number of nitrogens with one attached hydrogen (secondary N) is 1. The Morgan fingerprint density at radius 2 is 1.95 bits per heavy atom. The number of anilines is 2. The number of hydrogen-bond donors (Lipinski definition) is 1. The average Bonchev–Trinajstić information content (AvgIpc) is 2.43. The van der Waals surface area contributed by atoms with Gasteiger partial charge in [0.15, 0.2) is 0 Å². The summed E-state index contributed by atoms with van der Waals surface area (Å²) in [6.07, 6.45) is 2.13. The second-order valence-corrected chi connectivity index (χ2v) is 5.43. The van der Waals surface area contributed by atoms with Gasteiger partial charge in [-0.1, -0.05) is 13.8 Å². The summed E-state index contributed by atoms with van der Waals surface area (Å²) in [6.45, 7) is 7.50. The van der Waals surface area contributed by atoms with Crippen molar-refractivity contribution in [1.82, 2.24) is 4.98 Å². The summed E-state index contributed by atoms with van der Waals surface area (Å²) in [7, 11) is 4.14. The molecule has 3 heteroatoms. The van der Waals surface area contributed by atoms with E-state index in [1.165, 1.54) is 22.3 Å². The molecule has 0 aliphatic heterocycles. The van der Waals surface area contributed by atoms with Gasteiger partial charge >= 0.3 is 0 Å². The third kappa shape index (κ3) is 2.72. The van der Waals surface area contributed by atoms with E-state index in [0.29, 0.717) is 0 Å². The maximum absolute atomic E-state index is 4.76. The number of benzene rings is 1. The molecule has 0 unspecified atom stereocenters. The van der Waals surface area contributed by atoms with Gasteiger partial charge in [0.2, 0.25) is 0 Å². The van der Waals surface area contributed by atoms with Gasteiger partial charge in [-0.15, -0.1) is 0 Å². The standard InChI is InChI=1S/C17H25N3/c1-6-10-18-17-14(7-2)12(3)19-16-9-8-13(20(4)5)11-15(16)17/h8-9,11H,6-7,10H2,1-5H3,(H,18,19). The summed E-state index contributed by atoms with van der Waals surface area (Å²) >= 11 is 0. The van der Waals surface area contributed by atoms with E-state index in [0.717, 1.165) is 30.6 Å². The van der Waals surface area contributed by atoms with Gasteiger partial charge in [-0.25, -0.2) is 0 Å². The van der Waals surface area contributed by atoms with E-state index in [-0.39, 0.29) is 0 Å². The average molecular weight is 271 g/mol. The summed E-state index contributed by atoms with van der Waals surface area (Å²) in [6, 6.07) is 6.48. The van der Waals surface area contributed by atoms with Gasteiger partial charge in [-0.3, -0.25) is 4.98 Å². The van der Waals surface area contributed by atoms with Gasteiger partial charge < -0.3 is 10.2 Å². The Morgan fingerprint density at radius 1 is 1.20 bits per heavy atom. The molecule has 0 saturated heterocycles. The normalized spacial score (nSPS) is 10.8. The van der Waals surface area contributed by atoms with Crippen LogP contribution in [0.15, 0.2) is 18.2 Å². The van der Waals surface area contributed by atoms with Crippen LogP contribution in [-0.4, -0.2) is 25.6 Å². The lowest BCUT2D eigenvalue weighted by atomic mass is 10.0. The number of fused-ring (bicyclic) bond motifs is 1. The Hall–Kier alpha value is -1.77. The molecule has 0 radical (unpaired) electrons. The molecule has 0 spiro atoms. The molecule has 0 atom stereocenters. The molecule has 1 heterocycles. The van der Waals surface area contributed by atoms with Gasteiger partial charge in [-0.05, 0) is 43.5 Å². The van der Waals surface area contributed by atoms with Crippen LogP contribution < -0.4 is 10.2 Å². The van der Waals surface area contributed by atoms with Gasteiger partial charge in [0.1, 0.15) is 0 Å². The smallest absolute Gasteiger partial charge is 0.0727 e. The maximum atomic E-state index is 4.76. The molecule has 3 nitrogen and oxygen atoms in total. The summed E-state index contributed by atoms with van der Waals surface area (Å²) in [5, 5.41) is 4.83. The minimum Gasteiger partial charge on any atom is -0.384 e. The molecule has 1 aromatic carbocycles. The highest BCUT2D eigenvalue weighted by atomic mass is 15.1. The zero-order valence-corrected chi connectivity index (χ0v) is 13.2. The molecule has 0 fully saturated rings. The van der Waals surface area contributed by atoms with Crippen molar-refractivity contribution >= 4 is 22.3 Å². The molecule has 0 saturated carbocycles. The van der Waals surface area contributed by atoms with Crippen LogP contribution >= 0.6 is 0 Å². The molecule has 1 N–H and O–H groups in total. The Bertz CT molecular complexity index is 603.